The first kappa shape index (κ1) is 19.7. The number of amides is 1. The number of anilines is 1. The highest BCUT2D eigenvalue weighted by Gasteiger charge is 2.17. The Kier molecular flexibility index (Phi) is 6.39. The summed E-state index contributed by atoms with van der Waals surface area (Å²) in [7, 11) is -3.70. The van der Waals surface area contributed by atoms with Gasteiger partial charge in [-0.15, -0.1) is 0 Å². The smallest absolute Gasteiger partial charge is 0.261 e. The lowest BCUT2D eigenvalue weighted by Gasteiger charge is -2.16. The summed E-state index contributed by atoms with van der Waals surface area (Å²) >= 11 is 5.79. The Morgan fingerprint density at radius 3 is 2.07 bits per heavy atom. The molecule has 0 bridgehead atoms. The molecule has 1 saturated carbocycles. The fraction of sp³-hybridized carbons (Fsp3) is 0.350. The van der Waals surface area contributed by atoms with Gasteiger partial charge in [-0.2, -0.15) is 0 Å². The maximum Gasteiger partial charge on any atom is 0.261 e. The molecule has 1 fully saturated rings. The highest BCUT2D eigenvalue weighted by atomic mass is 35.5. The highest BCUT2D eigenvalue weighted by molar-refractivity contribution is 7.92. The third-order valence-corrected chi connectivity index (χ3v) is 6.36. The number of carbonyl (C=O) groups excluding carboxylic acids is 1. The molecule has 2 aromatic carbocycles. The van der Waals surface area contributed by atoms with Crippen molar-refractivity contribution in [2.24, 2.45) is 0 Å². The summed E-state index contributed by atoms with van der Waals surface area (Å²) in [5.74, 6) is -0.117. The van der Waals surface area contributed by atoms with Gasteiger partial charge >= 0.3 is 0 Å². The van der Waals surface area contributed by atoms with Gasteiger partial charge in [-0.1, -0.05) is 37.3 Å². The van der Waals surface area contributed by atoms with Crippen molar-refractivity contribution < 1.29 is 13.2 Å². The first-order valence-electron chi connectivity index (χ1n) is 9.13. The molecule has 1 aliphatic carbocycles. The minimum Gasteiger partial charge on any atom is -0.349 e. The zero-order valence-corrected chi connectivity index (χ0v) is 16.5. The summed E-state index contributed by atoms with van der Waals surface area (Å²) < 4.78 is 27.3. The van der Waals surface area contributed by atoms with Gasteiger partial charge in [-0.05, 0) is 61.4 Å². The molecule has 27 heavy (non-hydrogen) atoms. The van der Waals surface area contributed by atoms with Crippen molar-refractivity contribution in [2.45, 2.75) is 49.5 Å². The number of nitrogens with one attached hydrogen (secondary N) is 2. The molecule has 0 saturated heterocycles. The first-order chi connectivity index (χ1) is 12.9. The first-order valence-corrected chi connectivity index (χ1v) is 11.0. The quantitative estimate of drug-likeness (QED) is 0.713. The van der Waals surface area contributed by atoms with Crippen molar-refractivity contribution in [3.05, 3.63) is 59.1 Å². The zero-order valence-electron chi connectivity index (χ0n) is 14.9. The summed E-state index contributed by atoms with van der Waals surface area (Å²) in [6, 6.07) is 12.6. The molecule has 0 spiro atoms. The number of sulfonamides is 1. The van der Waals surface area contributed by atoms with Crippen molar-refractivity contribution in [3.8, 4) is 0 Å². The number of benzene rings is 2. The topological polar surface area (TPSA) is 75.3 Å². The van der Waals surface area contributed by atoms with Crippen molar-refractivity contribution in [1.29, 1.82) is 0 Å². The second-order valence-electron chi connectivity index (χ2n) is 6.80. The fourth-order valence-corrected chi connectivity index (χ4v) is 4.39. The summed E-state index contributed by atoms with van der Waals surface area (Å²) in [5.41, 5.74) is 0.921. The summed E-state index contributed by atoms with van der Waals surface area (Å²) in [4.78, 5) is 12.5. The monoisotopic (exact) mass is 406 g/mol. The Morgan fingerprint density at radius 1 is 0.889 bits per heavy atom. The van der Waals surface area contributed by atoms with Crippen LogP contribution in [0, 0.1) is 0 Å². The second-order valence-corrected chi connectivity index (χ2v) is 8.92. The van der Waals surface area contributed by atoms with Crippen molar-refractivity contribution in [2.75, 3.05) is 4.72 Å². The van der Waals surface area contributed by atoms with Crippen LogP contribution in [-0.2, 0) is 10.0 Å². The normalized spacial score (nSPS) is 15.7. The van der Waals surface area contributed by atoms with Crippen LogP contribution in [0.2, 0.25) is 5.02 Å². The maximum absolute atomic E-state index is 12.4. The Labute approximate surface area is 165 Å². The summed E-state index contributed by atoms with van der Waals surface area (Å²) in [6.45, 7) is 0. The van der Waals surface area contributed by atoms with Gasteiger partial charge in [0.25, 0.3) is 15.9 Å². The van der Waals surface area contributed by atoms with Crippen LogP contribution in [0.3, 0.4) is 0 Å². The van der Waals surface area contributed by atoms with Crippen LogP contribution < -0.4 is 10.0 Å². The van der Waals surface area contributed by atoms with Crippen LogP contribution in [-0.4, -0.2) is 20.4 Å². The van der Waals surface area contributed by atoms with Gasteiger partial charge in [0.15, 0.2) is 0 Å². The SMILES string of the molecule is O=C(NC1CCCCCC1)c1ccc(NS(=O)(=O)c2ccc(Cl)cc2)cc1. The summed E-state index contributed by atoms with van der Waals surface area (Å²) in [5, 5.41) is 3.55. The largest absolute Gasteiger partial charge is 0.349 e. The molecular formula is C20H23ClN2O3S. The maximum atomic E-state index is 12.4. The molecule has 0 aliphatic heterocycles. The van der Waals surface area contributed by atoms with Crippen LogP contribution >= 0.6 is 11.6 Å². The molecule has 0 radical (unpaired) electrons. The van der Waals surface area contributed by atoms with Gasteiger partial charge in [-0.25, -0.2) is 8.42 Å². The lowest BCUT2D eigenvalue weighted by molar-refractivity contribution is 0.0933. The van der Waals surface area contributed by atoms with Gasteiger partial charge in [0.05, 0.1) is 4.90 Å². The zero-order chi connectivity index (χ0) is 19.3. The van der Waals surface area contributed by atoms with E-state index in [9.17, 15) is 13.2 Å². The molecule has 2 aromatic rings. The Balaban J connectivity index is 1.64. The lowest BCUT2D eigenvalue weighted by Crippen LogP contribution is -2.34. The third-order valence-electron chi connectivity index (χ3n) is 4.71. The van der Waals surface area contributed by atoms with E-state index >= 15 is 0 Å². The van der Waals surface area contributed by atoms with E-state index in [4.69, 9.17) is 11.6 Å². The van der Waals surface area contributed by atoms with E-state index in [1.54, 1.807) is 24.3 Å². The molecule has 0 aromatic heterocycles. The molecule has 0 atom stereocenters. The highest BCUT2D eigenvalue weighted by Crippen LogP contribution is 2.20. The molecule has 2 N–H and O–H groups in total. The van der Waals surface area contributed by atoms with E-state index in [2.05, 4.69) is 10.0 Å². The van der Waals surface area contributed by atoms with Crippen molar-refractivity contribution >= 4 is 33.2 Å². The van der Waals surface area contributed by atoms with Crippen molar-refractivity contribution in [1.82, 2.24) is 5.32 Å². The molecule has 5 nitrogen and oxygen atoms in total. The number of rotatable bonds is 5. The minimum absolute atomic E-state index is 0.117. The fourth-order valence-electron chi connectivity index (χ4n) is 3.21. The van der Waals surface area contributed by atoms with Gasteiger partial charge in [0.1, 0.15) is 0 Å². The standard InChI is InChI=1S/C20H23ClN2O3S/c21-16-9-13-19(14-10-16)27(25,26)23-18-11-7-15(8-12-18)20(24)22-17-5-3-1-2-4-6-17/h7-14,17,23H,1-6H2,(H,22,24). The van der Waals surface area contributed by atoms with Crippen molar-refractivity contribution in [3.63, 3.8) is 0 Å². The third kappa shape index (κ3) is 5.47. The van der Waals surface area contributed by atoms with Crippen LogP contribution in [0.15, 0.2) is 53.4 Å². The molecule has 144 valence electrons. The Morgan fingerprint density at radius 2 is 1.48 bits per heavy atom. The van der Waals surface area contributed by atoms with E-state index in [-0.39, 0.29) is 16.8 Å². The van der Waals surface area contributed by atoms with E-state index in [1.807, 2.05) is 0 Å². The molecule has 0 heterocycles. The molecule has 7 heteroatoms. The van der Waals surface area contributed by atoms with Crippen LogP contribution in [0.5, 0.6) is 0 Å². The number of carbonyl (C=O) groups is 1. The van der Waals surface area contributed by atoms with Crippen LogP contribution in [0.4, 0.5) is 5.69 Å². The lowest BCUT2D eigenvalue weighted by atomic mass is 10.1. The van der Waals surface area contributed by atoms with Crippen LogP contribution in [0.25, 0.3) is 0 Å². The molecule has 1 amide bonds. The van der Waals surface area contributed by atoms with Gasteiger partial charge in [0, 0.05) is 22.3 Å². The average molecular weight is 407 g/mol. The summed E-state index contributed by atoms with van der Waals surface area (Å²) in [6.07, 6.45) is 6.80. The number of hydrogen-bond acceptors (Lipinski definition) is 3. The molecular weight excluding hydrogens is 384 g/mol. The van der Waals surface area contributed by atoms with Gasteiger partial charge < -0.3 is 5.32 Å². The van der Waals surface area contributed by atoms with E-state index in [1.165, 1.54) is 37.1 Å². The van der Waals surface area contributed by atoms with Gasteiger partial charge in [0.2, 0.25) is 0 Å². The Hall–Kier alpha value is -2.05. The second kappa shape index (κ2) is 8.76. The van der Waals surface area contributed by atoms with E-state index in [0.29, 0.717) is 16.3 Å². The Bertz CT molecular complexity index is 872. The molecule has 0 unspecified atom stereocenters. The van der Waals surface area contributed by atoms with Crippen LogP contribution in [0.1, 0.15) is 48.9 Å². The average Bonchev–Trinajstić information content (AvgIpc) is 2.91. The van der Waals surface area contributed by atoms with Gasteiger partial charge in [-0.3, -0.25) is 9.52 Å². The van der Waals surface area contributed by atoms with E-state index in [0.717, 1.165) is 25.7 Å². The minimum atomic E-state index is -3.70. The number of hydrogen-bond donors (Lipinski definition) is 2. The number of halogens is 1. The molecule has 3 rings (SSSR count). The van der Waals surface area contributed by atoms with E-state index < -0.39 is 10.0 Å². The predicted octanol–water partition coefficient (Wildman–Crippen LogP) is 4.59. The predicted molar refractivity (Wildman–Crippen MR) is 108 cm³/mol. The molecule has 1 aliphatic rings.